The third-order valence-corrected chi connectivity index (χ3v) is 4.50. The summed E-state index contributed by atoms with van der Waals surface area (Å²) in [4.78, 5) is 12.5. The Kier molecular flexibility index (Phi) is 4.81. The fraction of sp³-hybridized carbons (Fsp3) is 0.158. The summed E-state index contributed by atoms with van der Waals surface area (Å²) in [6.45, 7) is 4.64. The van der Waals surface area contributed by atoms with E-state index in [2.05, 4.69) is 26.3 Å². The molecule has 1 aromatic heterocycles. The topological polar surface area (TPSA) is 46.9 Å². The summed E-state index contributed by atoms with van der Waals surface area (Å²) < 4.78 is 2.82. The Morgan fingerprint density at radius 1 is 1.08 bits per heavy atom. The number of nitrogens with one attached hydrogen (secondary N) is 1. The SMILES string of the molecule is Cc1ccc(C(=O)Nc2ccnn2Cc2ccc(Br)cc2)cc1C. The average molecular weight is 384 g/mol. The van der Waals surface area contributed by atoms with E-state index in [0.717, 1.165) is 15.6 Å². The summed E-state index contributed by atoms with van der Waals surface area (Å²) >= 11 is 3.43. The van der Waals surface area contributed by atoms with Gasteiger partial charge in [0.25, 0.3) is 5.91 Å². The fourth-order valence-corrected chi connectivity index (χ4v) is 2.66. The highest BCUT2D eigenvalue weighted by Gasteiger charge is 2.10. The number of hydrogen-bond donors (Lipinski definition) is 1. The van der Waals surface area contributed by atoms with E-state index in [9.17, 15) is 4.79 Å². The van der Waals surface area contributed by atoms with Gasteiger partial charge in [-0.25, -0.2) is 4.68 Å². The predicted octanol–water partition coefficient (Wildman–Crippen LogP) is 4.56. The third kappa shape index (κ3) is 3.74. The molecule has 0 aliphatic carbocycles. The number of anilines is 1. The van der Waals surface area contributed by atoms with E-state index in [4.69, 9.17) is 0 Å². The molecule has 2 aromatic carbocycles. The zero-order valence-corrected chi connectivity index (χ0v) is 15.2. The molecule has 1 N–H and O–H groups in total. The van der Waals surface area contributed by atoms with E-state index < -0.39 is 0 Å². The monoisotopic (exact) mass is 383 g/mol. The molecule has 0 aliphatic rings. The maximum Gasteiger partial charge on any atom is 0.256 e. The minimum absolute atomic E-state index is 0.129. The lowest BCUT2D eigenvalue weighted by molar-refractivity contribution is 0.102. The lowest BCUT2D eigenvalue weighted by atomic mass is 10.1. The molecule has 1 amide bonds. The third-order valence-electron chi connectivity index (χ3n) is 3.97. The van der Waals surface area contributed by atoms with Crippen molar-refractivity contribution in [3.63, 3.8) is 0 Å². The Balaban J connectivity index is 1.76. The van der Waals surface area contributed by atoms with Gasteiger partial charge >= 0.3 is 0 Å². The van der Waals surface area contributed by atoms with Crippen molar-refractivity contribution in [1.29, 1.82) is 0 Å². The van der Waals surface area contributed by atoms with E-state index in [1.165, 1.54) is 5.56 Å². The van der Waals surface area contributed by atoms with Crippen LogP contribution in [0.3, 0.4) is 0 Å². The van der Waals surface area contributed by atoms with Crippen molar-refractivity contribution in [2.45, 2.75) is 20.4 Å². The van der Waals surface area contributed by atoms with Crippen LogP contribution in [0.25, 0.3) is 0 Å². The van der Waals surface area contributed by atoms with Crippen molar-refractivity contribution in [2.75, 3.05) is 5.32 Å². The van der Waals surface area contributed by atoms with Gasteiger partial charge in [-0.15, -0.1) is 0 Å². The van der Waals surface area contributed by atoms with Crippen LogP contribution in [0.15, 0.2) is 59.2 Å². The molecule has 0 fully saturated rings. The molecule has 24 heavy (non-hydrogen) atoms. The molecule has 0 saturated carbocycles. The Labute approximate surface area is 149 Å². The van der Waals surface area contributed by atoms with Gasteiger partial charge in [-0.2, -0.15) is 5.10 Å². The number of hydrogen-bond acceptors (Lipinski definition) is 2. The van der Waals surface area contributed by atoms with Crippen molar-refractivity contribution < 1.29 is 4.79 Å². The minimum Gasteiger partial charge on any atom is -0.307 e. The van der Waals surface area contributed by atoms with E-state index >= 15 is 0 Å². The summed E-state index contributed by atoms with van der Waals surface area (Å²) in [7, 11) is 0. The number of aryl methyl sites for hydroxylation is 2. The molecule has 3 aromatic rings. The summed E-state index contributed by atoms with van der Waals surface area (Å²) in [5.41, 5.74) is 4.04. The molecule has 0 aliphatic heterocycles. The second kappa shape index (κ2) is 7.01. The molecule has 122 valence electrons. The van der Waals surface area contributed by atoms with Crippen molar-refractivity contribution in [2.24, 2.45) is 0 Å². The lowest BCUT2D eigenvalue weighted by Crippen LogP contribution is -2.16. The minimum atomic E-state index is -0.129. The largest absolute Gasteiger partial charge is 0.307 e. The number of carbonyl (C=O) groups is 1. The van der Waals surface area contributed by atoms with E-state index in [1.807, 2.05) is 56.3 Å². The number of aromatic nitrogens is 2. The van der Waals surface area contributed by atoms with Gasteiger partial charge in [0.15, 0.2) is 0 Å². The van der Waals surface area contributed by atoms with Crippen LogP contribution in [0, 0.1) is 13.8 Å². The van der Waals surface area contributed by atoms with Gasteiger partial charge in [-0.3, -0.25) is 4.79 Å². The summed E-state index contributed by atoms with van der Waals surface area (Å²) in [5.74, 6) is 0.553. The maximum absolute atomic E-state index is 12.5. The maximum atomic E-state index is 12.5. The predicted molar refractivity (Wildman–Crippen MR) is 99.3 cm³/mol. The highest BCUT2D eigenvalue weighted by molar-refractivity contribution is 9.10. The highest BCUT2D eigenvalue weighted by Crippen LogP contribution is 2.16. The number of carbonyl (C=O) groups excluding carboxylic acids is 1. The fourth-order valence-electron chi connectivity index (χ4n) is 2.40. The van der Waals surface area contributed by atoms with Crippen molar-refractivity contribution in [1.82, 2.24) is 9.78 Å². The Morgan fingerprint density at radius 2 is 1.83 bits per heavy atom. The average Bonchev–Trinajstić information content (AvgIpc) is 2.99. The van der Waals surface area contributed by atoms with Crippen LogP contribution in [-0.2, 0) is 6.54 Å². The Hall–Kier alpha value is -2.40. The molecular weight excluding hydrogens is 366 g/mol. The van der Waals surface area contributed by atoms with Gasteiger partial charge in [0.2, 0.25) is 0 Å². The summed E-state index contributed by atoms with van der Waals surface area (Å²) in [6.07, 6.45) is 1.69. The molecule has 0 saturated heterocycles. The molecule has 5 heteroatoms. The smallest absolute Gasteiger partial charge is 0.256 e. The van der Waals surface area contributed by atoms with Crippen LogP contribution in [0.1, 0.15) is 27.0 Å². The number of rotatable bonds is 4. The molecule has 0 radical (unpaired) electrons. The zero-order valence-electron chi connectivity index (χ0n) is 13.6. The van der Waals surface area contributed by atoms with Gasteiger partial charge in [-0.05, 0) is 54.8 Å². The molecule has 0 atom stereocenters. The molecule has 3 rings (SSSR count). The second-order valence-electron chi connectivity index (χ2n) is 5.75. The number of amides is 1. The number of halogens is 1. The van der Waals surface area contributed by atoms with Crippen LogP contribution in [0.4, 0.5) is 5.82 Å². The standard InChI is InChI=1S/C19H18BrN3O/c1-13-3-6-16(11-14(13)2)19(24)22-18-9-10-21-23(18)12-15-4-7-17(20)8-5-15/h3-11H,12H2,1-2H3,(H,22,24). The van der Waals surface area contributed by atoms with Gasteiger partial charge in [0, 0.05) is 16.1 Å². The van der Waals surface area contributed by atoms with E-state index in [1.54, 1.807) is 16.9 Å². The van der Waals surface area contributed by atoms with Gasteiger partial charge in [0.1, 0.15) is 5.82 Å². The molecular formula is C19H18BrN3O. The molecule has 0 spiro atoms. The van der Waals surface area contributed by atoms with Crippen LogP contribution >= 0.6 is 15.9 Å². The quantitative estimate of drug-likeness (QED) is 0.717. The van der Waals surface area contributed by atoms with Gasteiger partial charge in [-0.1, -0.05) is 34.1 Å². The Bertz CT molecular complexity index is 869. The number of benzene rings is 2. The zero-order chi connectivity index (χ0) is 17.1. The van der Waals surface area contributed by atoms with Crippen LogP contribution in [-0.4, -0.2) is 15.7 Å². The van der Waals surface area contributed by atoms with Crippen LogP contribution in [0.5, 0.6) is 0 Å². The second-order valence-corrected chi connectivity index (χ2v) is 6.67. The molecule has 0 unspecified atom stereocenters. The first-order valence-corrected chi connectivity index (χ1v) is 8.47. The first-order chi connectivity index (χ1) is 11.5. The summed E-state index contributed by atoms with van der Waals surface area (Å²) in [6, 6.07) is 15.5. The van der Waals surface area contributed by atoms with Crippen LogP contribution in [0.2, 0.25) is 0 Å². The van der Waals surface area contributed by atoms with Gasteiger partial charge < -0.3 is 5.32 Å². The molecule has 4 nitrogen and oxygen atoms in total. The Morgan fingerprint density at radius 3 is 2.54 bits per heavy atom. The number of nitrogens with zero attached hydrogens (tertiary/aromatic N) is 2. The first-order valence-electron chi connectivity index (χ1n) is 7.68. The van der Waals surface area contributed by atoms with Crippen molar-refractivity contribution in [3.05, 3.63) is 81.5 Å². The first kappa shape index (κ1) is 16.5. The highest BCUT2D eigenvalue weighted by atomic mass is 79.9. The summed E-state index contributed by atoms with van der Waals surface area (Å²) in [5, 5.41) is 7.24. The molecule has 0 bridgehead atoms. The lowest BCUT2D eigenvalue weighted by Gasteiger charge is -2.10. The van der Waals surface area contributed by atoms with Gasteiger partial charge in [0.05, 0.1) is 12.7 Å². The molecule has 1 heterocycles. The normalized spacial score (nSPS) is 10.6. The van der Waals surface area contributed by atoms with E-state index in [0.29, 0.717) is 17.9 Å². The van der Waals surface area contributed by atoms with Crippen LogP contribution < -0.4 is 5.32 Å². The van der Waals surface area contributed by atoms with E-state index in [-0.39, 0.29) is 5.91 Å². The van der Waals surface area contributed by atoms with Crippen molar-refractivity contribution in [3.8, 4) is 0 Å². The van der Waals surface area contributed by atoms with Crippen molar-refractivity contribution >= 4 is 27.7 Å².